The maximum absolute atomic E-state index is 13.5. The Morgan fingerprint density at radius 3 is 2.82 bits per heavy atom. The molecule has 1 aromatic heterocycles. The minimum absolute atomic E-state index is 0.0325. The Bertz CT molecular complexity index is 739. The zero-order chi connectivity index (χ0) is 15.7. The van der Waals surface area contributed by atoms with Gasteiger partial charge in [-0.05, 0) is 18.2 Å². The summed E-state index contributed by atoms with van der Waals surface area (Å²) in [6.07, 6.45) is -0.516. The van der Waals surface area contributed by atoms with Crippen LogP contribution in [0.2, 0.25) is 0 Å². The first-order chi connectivity index (χ1) is 10.5. The van der Waals surface area contributed by atoms with Crippen molar-refractivity contribution in [2.24, 2.45) is 0 Å². The number of carbonyl (C=O) groups excluding carboxylic acids is 1. The van der Waals surface area contributed by atoms with Crippen LogP contribution in [0, 0.1) is 5.82 Å². The Morgan fingerprint density at radius 1 is 1.32 bits per heavy atom. The van der Waals surface area contributed by atoms with Crippen molar-refractivity contribution in [1.29, 1.82) is 0 Å². The summed E-state index contributed by atoms with van der Waals surface area (Å²) in [6.45, 7) is 0.0325. The van der Waals surface area contributed by atoms with Crippen LogP contribution in [0.15, 0.2) is 34.7 Å². The zero-order valence-corrected chi connectivity index (χ0v) is 11.3. The third-order valence-corrected chi connectivity index (χ3v) is 3.32. The van der Waals surface area contributed by atoms with Gasteiger partial charge in [0, 0.05) is 12.0 Å². The van der Waals surface area contributed by atoms with E-state index in [9.17, 15) is 14.0 Å². The number of benzene rings is 1. The second-order valence-corrected chi connectivity index (χ2v) is 4.83. The number of hydrogen-bond donors (Lipinski definition) is 2. The molecule has 2 N–H and O–H groups in total. The number of aromatic carboxylic acids is 1. The maximum Gasteiger partial charge on any atom is 0.371 e. The van der Waals surface area contributed by atoms with Crippen LogP contribution < -0.4 is 10.1 Å². The second-order valence-electron chi connectivity index (χ2n) is 4.83. The number of hydrogen-bond acceptors (Lipinski definition) is 4. The lowest BCUT2D eigenvalue weighted by molar-refractivity contribution is -0.127. The fourth-order valence-corrected chi connectivity index (χ4v) is 2.25. The van der Waals surface area contributed by atoms with Crippen molar-refractivity contribution in [2.45, 2.75) is 19.1 Å². The number of carboxylic acids is 1. The van der Waals surface area contributed by atoms with E-state index in [0.717, 1.165) is 0 Å². The molecule has 1 aliphatic heterocycles. The van der Waals surface area contributed by atoms with Crippen LogP contribution in [-0.2, 0) is 17.8 Å². The fourth-order valence-electron chi connectivity index (χ4n) is 2.25. The highest BCUT2D eigenvalue weighted by atomic mass is 19.1. The van der Waals surface area contributed by atoms with Crippen molar-refractivity contribution in [2.75, 3.05) is 0 Å². The molecule has 0 spiro atoms. The molecule has 2 aromatic rings. The van der Waals surface area contributed by atoms with E-state index in [4.69, 9.17) is 14.3 Å². The molecule has 0 saturated heterocycles. The number of rotatable bonds is 4. The summed E-state index contributed by atoms with van der Waals surface area (Å²) in [7, 11) is 0. The molecule has 1 amide bonds. The minimum Gasteiger partial charge on any atom is -0.477 e. The summed E-state index contributed by atoms with van der Waals surface area (Å²) in [4.78, 5) is 22.7. The predicted molar refractivity (Wildman–Crippen MR) is 72.0 cm³/mol. The van der Waals surface area contributed by atoms with Gasteiger partial charge < -0.3 is 19.6 Å². The van der Waals surface area contributed by atoms with Gasteiger partial charge in [0.25, 0.3) is 5.91 Å². The molecule has 0 unspecified atom stereocenters. The Kier molecular flexibility index (Phi) is 3.54. The smallest absolute Gasteiger partial charge is 0.371 e. The van der Waals surface area contributed by atoms with Crippen LogP contribution in [-0.4, -0.2) is 23.1 Å². The lowest BCUT2D eigenvalue weighted by Crippen LogP contribution is -2.37. The number of amides is 1. The van der Waals surface area contributed by atoms with Gasteiger partial charge in [-0.1, -0.05) is 12.1 Å². The van der Waals surface area contributed by atoms with E-state index < -0.39 is 23.8 Å². The molecule has 22 heavy (non-hydrogen) atoms. The number of ether oxygens (including phenoxy) is 1. The molecule has 1 atom stereocenters. The van der Waals surface area contributed by atoms with Crippen molar-refractivity contribution in [3.8, 4) is 5.75 Å². The van der Waals surface area contributed by atoms with Gasteiger partial charge >= 0.3 is 5.97 Å². The molecule has 0 aliphatic carbocycles. The van der Waals surface area contributed by atoms with Crippen LogP contribution in [0.1, 0.15) is 21.9 Å². The first-order valence-corrected chi connectivity index (χ1v) is 6.58. The normalized spacial score (nSPS) is 16.0. The van der Waals surface area contributed by atoms with Gasteiger partial charge in [-0.2, -0.15) is 0 Å². The van der Waals surface area contributed by atoms with Gasteiger partial charge in [-0.15, -0.1) is 0 Å². The van der Waals surface area contributed by atoms with E-state index in [2.05, 4.69) is 5.32 Å². The molecule has 0 fully saturated rings. The zero-order valence-electron chi connectivity index (χ0n) is 11.3. The van der Waals surface area contributed by atoms with Gasteiger partial charge in [-0.3, -0.25) is 4.79 Å². The second kappa shape index (κ2) is 5.51. The third-order valence-electron chi connectivity index (χ3n) is 3.32. The van der Waals surface area contributed by atoms with Gasteiger partial charge in [0.1, 0.15) is 5.76 Å². The Balaban J connectivity index is 1.59. The number of furan rings is 1. The van der Waals surface area contributed by atoms with Gasteiger partial charge in [0.05, 0.1) is 6.54 Å². The number of halogens is 1. The summed E-state index contributed by atoms with van der Waals surface area (Å²) in [5.41, 5.74) is 0.645. The summed E-state index contributed by atoms with van der Waals surface area (Å²) in [6, 6.07) is 7.32. The Labute approximate surface area is 124 Å². The van der Waals surface area contributed by atoms with Crippen LogP contribution in [0.3, 0.4) is 0 Å². The van der Waals surface area contributed by atoms with E-state index >= 15 is 0 Å². The van der Waals surface area contributed by atoms with Gasteiger partial charge in [0.15, 0.2) is 17.7 Å². The molecule has 0 radical (unpaired) electrons. The van der Waals surface area contributed by atoms with Gasteiger partial charge in [-0.25, -0.2) is 9.18 Å². The lowest BCUT2D eigenvalue weighted by Gasteiger charge is -2.10. The van der Waals surface area contributed by atoms with E-state index in [-0.39, 0.29) is 24.5 Å². The quantitative estimate of drug-likeness (QED) is 0.898. The monoisotopic (exact) mass is 305 g/mol. The molecule has 0 saturated carbocycles. The third kappa shape index (κ3) is 2.65. The fraction of sp³-hybridized carbons (Fsp3) is 0.200. The van der Waals surface area contributed by atoms with Crippen LogP contribution in [0.5, 0.6) is 5.75 Å². The Morgan fingerprint density at radius 2 is 2.14 bits per heavy atom. The SMILES string of the molecule is O=C(O)c1ccc(CNC(=O)[C@H]2Cc3cccc(F)c3O2)o1. The number of fused-ring (bicyclic) bond motifs is 1. The molecule has 0 bridgehead atoms. The number of carbonyl (C=O) groups is 2. The summed E-state index contributed by atoms with van der Waals surface area (Å²) < 4.78 is 23.9. The highest BCUT2D eigenvalue weighted by Gasteiger charge is 2.31. The van der Waals surface area contributed by atoms with Crippen molar-refractivity contribution >= 4 is 11.9 Å². The van der Waals surface area contributed by atoms with Crippen molar-refractivity contribution in [1.82, 2.24) is 5.32 Å². The first kappa shape index (κ1) is 14.1. The standard InChI is InChI=1S/C15H12FNO5/c16-10-3-1-2-8-6-12(22-13(8)10)14(18)17-7-9-4-5-11(21-9)15(19)20/h1-5,12H,6-7H2,(H,17,18)(H,19,20)/t12-/m1/s1. The van der Waals surface area contributed by atoms with Crippen LogP contribution in [0.25, 0.3) is 0 Å². The highest BCUT2D eigenvalue weighted by molar-refractivity contribution is 5.84. The van der Waals surface area contributed by atoms with E-state index in [1.165, 1.54) is 18.2 Å². The molecular weight excluding hydrogens is 293 g/mol. The summed E-state index contributed by atoms with van der Waals surface area (Å²) in [5.74, 6) is -1.87. The number of nitrogens with one attached hydrogen (secondary N) is 1. The van der Waals surface area contributed by atoms with Gasteiger partial charge in [0.2, 0.25) is 5.76 Å². The van der Waals surface area contributed by atoms with Crippen molar-refractivity contribution < 1.29 is 28.2 Å². The molecule has 1 aromatic carbocycles. The average Bonchev–Trinajstić information content (AvgIpc) is 3.12. The van der Waals surface area contributed by atoms with E-state index in [0.29, 0.717) is 11.3 Å². The molecule has 1 aliphatic rings. The van der Waals surface area contributed by atoms with Crippen LogP contribution in [0.4, 0.5) is 4.39 Å². The lowest BCUT2D eigenvalue weighted by atomic mass is 10.1. The van der Waals surface area contributed by atoms with Crippen molar-refractivity contribution in [3.05, 3.63) is 53.2 Å². The van der Waals surface area contributed by atoms with E-state index in [1.54, 1.807) is 12.1 Å². The Hall–Kier alpha value is -2.83. The van der Waals surface area contributed by atoms with Crippen LogP contribution >= 0.6 is 0 Å². The minimum atomic E-state index is -1.18. The largest absolute Gasteiger partial charge is 0.477 e. The predicted octanol–water partition coefficient (Wildman–Crippen LogP) is 1.74. The highest BCUT2D eigenvalue weighted by Crippen LogP contribution is 2.31. The van der Waals surface area contributed by atoms with E-state index in [1.807, 2.05) is 0 Å². The number of para-hydroxylation sites is 1. The summed E-state index contributed by atoms with van der Waals surface area (Å²) in [5, 5.41) is 11.3. The maximum atomic E-state index is 13.5. The molecular formula is C15H12FNO5. The molecule has 114 valence electrons. The first-order valence-electron chi connectivity index (χ1n) is 6.58. The molecule has 7 heteroatoms. The number of carboxylic acid groups (broad SMARTS) is 1. The topological polar surface area (TPSA) is 88.8 Å². The average molecular weight is 305 g/mol. The molecule has 3 rings (SSSR count). The molecule has 6 nitrogen and oxygen atoms in total. The summed E-state index contributed by atoms with van der Waals surface area (Å²) >= 11 is 0. The van der Waals surface area contributed by atoms with Crippen molar-refractivity contribution in [3.63, 3.8) is 0 Å². The molecule has 2 heterocycles.